The number of benzene rings is 1. The molecule has 6 heteroatoms. The van der Waals surface area contributed by atoms with Gasteiger partial charge in [-0.15, -0.1) is 11.3 Å². The van der Waals surface area contributed by atoms with E-state index in [4.69, 9.17) is 23.2 Å². The molecule has 0 aliphatic carbocycles. The maximum atomic E-state index is 11.9. The molecule has 1 amide bonds. The minimum Gasteiger partial charge on any atom is -0.327 e. The first-order valence-electron chi connectivity index (χ1n) is 4.71. The van der Waals surface area contributed by atoms with Crippen molar-refractivity contribution >= 4 is 40.4 Å². The highest BCUT2D eigenvalue weighted by Gasteiger charge is 2.07. The molecule has 0 spiro atoms. The maximum absolute atomic E-state index is 11.9. The van der Waals surface area contributed by atoms with Crippen LogP contribution in [0, 0.1) is 0 Å². The summed E-state index contributed by atoms with van der Waals surface area (Å²) in [6.45, 7) is 0. The highest BCUT2D eigenvalue weighted by atomic mass is 35.5. The van der Waals surface area contributed by atoms with Crippen molar-refractivity contribution in [2.45, 2.75) is 0 Å². The van der Waals surface area contributed by atoms with Gasteiger partial charge in [-0.05, 0) is 18.2 Å². The van der Waals surface area contributed by atoms with Crippen molar-refractivity contribution in [2.24, 2.45) is 12.0 Å². The summed E-state index contributed by atoms with van der Waals surface area (Å²) in [7, 11) is 1.83. The maximum Gasteiger partial charge on any atom is 0.279 e. The lowest BCUT2D eigenvalue weighted by Gasteiger charge is -1.98. The molecular formula is C11H8Cl2N2OS. The second-order valence-corrected chi connectivity index (χ2v) is 5.12. The number of amides is 1. The van der Waals surface area contributed by atoms with E-state index in [0.717, 1.165) is 0 Å². The number of hydrogen-bond acceptors (Lipinski definition) is 2. The van der Waals surface area contributed by atoms with E-state index < -0.39 is 0 Å². The van der Waals surface area contributed by atoms with E-state index in [1.54, 1.807) is 22.8 Å². The van der Waals surface area contributed by atoms with Gasteiger partial charge in [0, 0.05) is 34.2 Å². The molecule has 0 bridgehead atoms. The Labute approximate surface area is 112 Å². The highest BCUT2D eigenvalue weighted by molar-refractivity contribution is 7.07. The monoisotopic (exact) mass is 286 g/mol. The number of aromatic nitrogens is 1. The Kier molecular flexibility index (Phi) is 3.66. The van der Waals surface area contributed by atoms with Gasteiger partial charge in [0.25, 0.3) is 5.91 Å². The molecule has 1 heterocycles. The molecule has 0 atom stereocenters. The minimum absolute atomic E-state index is 0.354. The molecule has 0 fully saturated rings. The quantitative estimate of drug-likeness (QED) is 0.793. The third-order valence-electron chi connectivity index (χ3n) is 2.07. The smallest absolute Gasteiger partial charge is 0.279 e. The molecule has 1 aromatic heterocycles. The van der Waals surface area contributed by atoms with Crippen LogP contribution in [0.3, 0.4) is 0 Å². The first-order valence-corrected chi connectivity index (χ1v) is 6.35. The predicted octanol–water partition coefficient (Wildman–Crippen LogP) is 3.13. The standard InChI is InChI=1S/C11H8Cl2N2OS/c1-15-2-3-17-11(15)14-10(16)7-4-8(12)6-9(13)5-7/h2-6H,1H3. The van der Waals surface area contributed by atoms with E-state index in [9.17, 15) is 4.79 Å². The lowest BCUT2D eigenvalue weighted by atomic mass is 10.2. The van der Waals surface area contributed by atoms with Crippen LogP contribution in [0.4, 0.5) is 0 Å². The number of nitrogens with zero attached hydrogens (tertiary/aromatic N) is 2. The van der Waals surface area contributed by atoms with Crippen molar-refractivity contribution < 1.29 is 4.79 Å². The van der Waals surface area contributed by atoms with Crippen LogP contribution in [0.2, 0.25) is 10.0 Å². The molecule has 0 N–H and O–H groups in total. The van der Waals surface area contributed by atoms with Crippen LogP contribution in [0.25, 0.3) is 0 Å². The summed E-state index contributed by atoms with van der Waals surface area (Å²) in [6, 6.07) is 4.67. The highest BCUT2D eigenvalue weighted by Crippen LogP contribution is 2.19. The summed E-state index contributed by atoms with van der Waals surface area (Å²) in [6.07, 6.45) is 1.84. The fourth-order valence-corrected chi connectivity index (χ4v) is 2.52. The topological polar surface area (TPSA) is 34.4 Å². The van der Waals surface area contributed by atoms with E-state index in [1.165, 1.54) is 11.3 Å². The van der Waals surface area contributed by atoms with Crippen LogP contribution in [-0.4, -0.2) is 10.5 Å². The van der Waals surface area contributed by atoms with Crippen LogP contribution in [0.5, 0.6) is 0 Å². The molecule has 0 unspecified atom stereocenters. The first kappa shape index (κ1) is 12.4. The van der Waals surface area contributed by atoms with Gasteiger partial charge in [-0.3, -0.25) is 4.79 Å². The zero-order valence-corrected chi connectivity index (χ0v) is 11.2. The molecule has 2 aromatic rings. The molecule has 17 heavy (non-hydrogen) atoms. The van der Waals surface area contributed by atoms with E-state index in [0.29, 0.717) is 20.4 Å². The summed E-state index contributed by atoms with van der Waals surface area (Å²) in [4.78, 5) is 16.5. The van der Waals surface area contributed by atoms with E-state index in [-0.39, 0.29) is 5.91 Å². The predicted molar refractivity (Wildman–Crippen MR) is 69.6 cm³/mol. The van der Waals surface area contributed by atoms with Gasteiger partial charge in [0.2, 0.25) is 0 Å². The van der Waals surface area contributed by atoms with E-state index >= 15 is 0 Å². The second-order valence-electron chi connectivity index (χ2n) is 3.37. The minimum atomic E-state index is -0.354. The lowest BCUT2D eigenvalue weighted by molar-refractivity contribution is 0.0998. The van der Waals surface area contributed by atoms with E-state index in [1.807, 2.05) is 18.6 Å². The van der Waals surface area contributed by atoms with Gasteiger partial charge in [0.1, 0.15) is 0 Å². The summed E-state index contributed by atoms with van der Waals surface area (Å²) >= 11 is 13.0. The number of carbonyl (C=O) groups excluding carboxylic acids is 1. The number of hydrogen-bond donors (Lipinski definition) is 0. The number of halogens is 2. The molecule has 3 nitrogen and oxygen atoms in total. The Morgan fingerprint density at radius 1 is 1.29 bits per heavy atom. The SMILES string of the molecule is Cn1ccsc1=NC(=O)c1cc(Cl)cc(Cl)c1. The lowest BCUT2D eigenvalue weighted by Crippen LogP contribution is -2.12. The number of thiazole rings is 1. The summed E-state index contributed by atoms with van der Waals surface area (Å²) in [5.74, 6) is -0.354. The molecular weight excluding hydrogens is 279 g/mol. The van der Waals surface area contributed by atoms with Gasteiger partial charge in [0.15, 0.2) is 4.80 Å². The molecule has 2 rings (SSSR count). The summed E-state index contributed by atoms with van der Waals surface area (Å²) in [5, 5.41) is 2.70. The van der Waals surface area contributed by atoms with Gasteiger partial charge in [-0.1, -0.05) is 23.2 Å². The number of carbonyl (C=O) groups is 1. The fourth-order valence-electron chi connectivity index (χ4n) is 1.26. The zero-order valence-electron chi connectivity index (χ0n) is 8.85. The average Bonchev–Trinajstić information content (AvgIpc) is 2.63. The normalized spacial score (nSPS) is 11.8. The first-order chi connectivity index (χ1) is 8.06. The molecule has 1 aromatic carbocycles. The van der Waals surface area contributed by atoms with Crippen LogP contribution in [0.15, 0.2) is 34.8 Å². The van der Waals surface area contributed by atoms with Crippen LogP contribution in [-0.2, 0) is 7.05 Å². The number of aryl methyl sites for hydroxylation is 1. The average molecular weight is 287 g/mol. The van der Waals surface area contributed by atoms with Gasteiger partial charge in [0.05, 0.1) is 0 Å². The van der Waals surface area contributed by atoms with Gasteiger partial charge in [-0.2, -0.15) is 4.99 Å². The Morgan fingerprint density at radius 2 is 1.94 bits per heavy atom. The number of rotatable bonds is 1. The van der Waals surface area contributed by atoms with Crippen molar-refractivity contribution in [3.05, 3.63) is 50.2 Å². The van der Waals surface area contributed by atoms with Crippen LogP contribution < -0.4 is 4.80 Å². The van der Waals surface area contributed by atoms with Gasteiger partial charge < -0.3 is 4.57 Å². The fraction of sp³-hybridized carbons (Fsp3) is 0.0909. The molecule has 0 aliphatic heterocycles. The molecule has 0 radical (unpaired) electrons. The second kappa shape index (κ2) is 5.04. The molecule has 88 valence electrons. The molecule has 0 saturated heterocycles. The van der Waals surface area contributed by atoms with Gasteiger partial charge >= 0.3 is 0 Å². The third kappa shape index (κ3) is 2.97. The van der Waals surface area contributed by atoms with Crippen molar-refractivity contribution in [3.8, 4) is 0 Å². The summed E-state index contributed by atoms with van der Waals surface area (Å²) in [5.41, 5.74) is 0.385. The van der Waals surface area contributed by atoms with Crippen LogP contribution >= 0.6 is 34.5 Å². The van der Waals surface area contributed by atoms with Crippen LogP contribution in [0.1, 0.15) is 10.4 Å². The largest absolute Gasteiger partial charge is 0.327 e. The Morgan fingerprint density at radius 3 is 2.47 bits per heavy atom. The van der Waals surface area contributed by atoms with Crippen molar-refractivity contribution in [1.82, 2.24) is 4.57 Å². The Hall–Kier alpha value is -1.10. The third-order valence-corrected chi connectivity index (χ3v) is 3.35. The van der Waals surface area contributed by atoms with Gasteiger partial charge in [-0.25, -0.2) is 0 Å². The van der Waals surface area contributed by atoms with Crippen molar-refractivity contribution in [1.29, 1.82) is 0 Å². The molecule has 0 aliphatic rings. The van der Waals surface area contributed by atoms with Crippen molar-refractivity contribution in [3.63, 3.8) is 0 Å². The van der Waals surface area contributed by atoms with E-state index in [2.05, 4.69) is 4.99 Å². The Bertz CT molecular complexity index is 610. The zero-order chi connectivity index (χ0) is 12.4. The van der Waals surface area contributed by atoms with Crippen molar-refractivity contribution in [2.75, 3.05) is 0 Å². The molecule has 0 saturated carbocycles. The summed E-state index contributed by atoms with van der Waals surface area (Å²) < 4.78 is 1.77. The Balaban J connectivity index is 2.42.